The summed E-state index contributed by atoms with van der Waals surface area (Å²) in [7, 11) is 0. The molecular weight excluding hydrogens is 503 g/mol. The number of primary amides is 1. The fraction of sp³-hybridized carbons (Fsp3) is 0.370. The van der Waals surface area contributed by atoms with Crippen molar-refractivity contribution in [1.82, 2.24) is 25.3 Å². The molecule has 1 aromatic heterocycles. The Balaban J connectivity index is 1.21. The molecule has 0 bridgehead atoms. The topological polar surface area (TPSA) is 132 Å². The van der Waals surface area contributed by atoms with Gasteiger partial charge in [-0.2, -0.15) is 5.12 Å². The summed E-state index contributed by atoms with van der Waals surface area (Å²) in [5, 5.41) is 16.4. The number of benzene rings is 2. The first-order valence-electron chi connectivity index (χ1n) is 13.1. The number of nitrogens with two attached hydrogens (primary N) is 1. The van der Waals surface area contributed by atoms with Crippen LogP contribution >= 0.6 is 0 Å². The minimum atomic E-state index is -0.540. The summed E-state index contributed by atoms with van der Waals surface area (Å²) in [6.07, 6.45) is 6.15. The van der Waals surface area contributed by atoms with Crippen LogP contribution in [0, 0.1) is 11.7 Å². The molecule has 1 saturated heterocycles. The van der Waals surface area contributed by atoms with Gasteiger partial charge in [0.1, 0.15) is 36.1 Å². The first-order chi connectivity index (χ1) is 19.0. The van der Waals surface area contributed by atoms with Crippen LogP contribution in [0.5, 0.6) is 5.75 Å². The van der Waals surface area contributed by atoms with Crippen molar-refractivity contribution < 1.29 is 19.0 Å². The predicted octanol–water partition coefficient (Wildman–Crippen LogP) is 2.18. The number of amides is 1. The molecule has 0 spiro atoms. The Morgan fingerprint density at radius 2 is 2.05 bits per heavy atom. The summed E-state index contributed by atoms with van der Waals surface area (Å²) in [6.45, 7) is 3.81. The Labute approximate surface area is 226 Å². The number of aliphatic hydroxyl groups excluding tert-OH is 1. The molecule has 0 atom stereocenters. The van der Waals surface area contributed by atoms with Crippen molar-refractivity contribution in [2.24, 2.45) is 11.7 Å². The molecule has 5 rings (SSSR count). The number of aliphatic hydroxyl groups is 1. The molecule has 0 aliphatic carbocycles. The van der Waals surface area contributed by atoms with Crippen LogP contribution in [0.15, 0.2) is 60.8 Å². The van der Waals surface area contributed by atoms with Gasteiger partial charge in [-0.3, -0.25) is 15.2 Å². The number of ether oxygens (including phenoxy) is 1. The highest BCUT2D eigenvalue weighted by Gasteiger charge is 2.24. The van der Waals surface area contributed by atoms with Crippen molar-refractivity contribution in [3.8, 4) is 5.75 Å². The average molecular weight is 537 g/mol. The van der Waals surface area contributed by atoms with Gasteiger partial charge in [0.25, 0.3) is 0 Å². The van der Waals surface area contributed by atoms with Crippen LogP contribution in [-0.4, -0.2) is 70.3 Å². The third-order valence-electron chi connectivity index (χ3n) is 6.85. The molecule has 206 valence electrons. The number of rotatable bonds is 11. The molecule has 1 amide bonds. The van der Waals surface area contributed by atoms with E-state index in [4.69, 9.17) is 10.5 Å². The number of carbonyl (C=O) groups excluding carboxylic acids is 1. The van der Waals surface area contributed by atoms with Gasteiger partial charge >= 0.3 is 0 Å². The number of carbonyl (C=O) groups is 1. The minimum Gasteiger partial charge on any atom is -0.493 e. The van der Waals surface area contributed by atoms with Crippen LogP contribution in [0.1, 0.15) is 19.3 Å². The van der Waals surface area contributed by atoms with Crippen LogP contribution in [-0.2, 0) is 4.79 Å². The maximum Gasteiger partial charge on any atom is 0.239 e. The Morgan fingerprint density at radius 1 is 1.21 bits per heavy atom. The van der Waals surface area contributed by atoms with E-state index >= 15 is 0 Å². The Kier molecular flexibility index (Phi) is 8.23. The number of anilines is 2. The summed E-state index contributed by atoms with van der Waals surface area (Å²) >= 11 is 0. The lowest BCUT2D eigenvalue weighted by atomic mass is 9.98. The van der Waals surface area contributed by atoms with Gasteiger partial charge in [-0.1, -0.05) is 6.07 Å². The van der Waals surface area contributed by atoms with Gasteiger partial charge < -0.3 is 25.8 Å². The smallest absolute Gasteiger partial charge is 0.239 e. The second-order valence-corrected chi connectivity index (χ2v) is 9.71. The maximum atomic E-state index is 13.8. The number of fused-ring (bicyclic) bond motifs is 1. The number of halogens is 1. The molecule has 0 unspecified atom stereocenters. The van der Waals surface area contributed by atoms with E-state index in [2.05, 4.69) is 25.6 Å². The Morgan fingerprint density at radius 3 is 2.82 bits per heavy atom. The zero-order chi connectivity index (χ0) is 27.2. The number of hydrogen-bond acceptors (Lipinski definition) is 10. The van der Waals surface area contributed by atoms with Crippen molar-refractivity contribution in [3.63, 3.8) is 0 Å². The van der Waals surface area contributed by atoms with Crippen LogP contribution in [0.3, 0.4) is 0 Å². The van der Waals surface area contributed by atoms with E-state index in [9.17, 15) is 14.3 Å². The minimum absolute atomic E-state index is 0.110. The molecule has 2 aliphatic rings. The highest BCUT2D eigenvalue weighted by Crippen LogP contribution is 2.27. The molecule has 1 fully saturated rings. The van der Waals surface area contributed by atoms with Crippen molar-refractivity contribution >= 4 is 28.3 Å². The molecule has 0 saturated carbocycles. The van der Waals surface area contributed by atoms with E-state index in [0.717, 1.165) is 50.0 Å². The zero-order valence-corrected chi connectivity index (χ0v) is 21.6. The average Bonchev–Trinajstić information content (AvgIpc) is 3.32. The van der Waals surface area contributed by atoms with Crippen LogP contribution in [0.2, 0.25) is 0 Å². The second-order valence-electron chi connectivity index (χ2n) is 9.71. The molecule has 5 N–H and O–H groups in total. The number of nitrogens with zero attached hydrogens (tertiary/aromatic N) is 5. The molecule has 0 radical (unpaired) electrons. The summed E-state index contributed by atoms with van der Waals surface area (Å²) in [5.41, 5.74) is 9.74. The van der Waals surface area contributed by atoms with Gasteiger partial charge in [0.05, 0.1) is 24.0 Å². The van der Waals surface area contributed by atoms with Crippen molar-refractivity contribution in [3.05, 3.63) is 66.6 Å². The fourth-order valence-corrected chi connectivity index (χ4v) is 4.80. The van der Waals surface area contributed by atoms with E-state index in [0.29, 0.717) is 35.4 Å². The van der Waals surface area contributed by atoms with E-state index in [1.807, 2.05) is 18.2 Å². The molecule has 3 aromatic rings. The van der Waals surface area contributed by atoms with E-state index < -0.39 is 11.7 Å². The molecule has 39 heavy (non-hydrogen) atoms. The van der Waals surface area contributed by atoms with Gasteiger partial charge in [0.2, 0.25) is 5.91 Å². The predicted molar refractivity (Wildman–Crippen MR) is 146 cm³/mol. The number of hydrogen-bond donors (Lipinski definition) is 4. The lowest BCUT2D eigenvalue weighted by Crippen LogP contribution is -2.46. The quantitative estimate of drug-likeness (QED) is 0.270. The second kappa shape index (κ2) is 12.1. The molecule has 2 aromatic carbocycles. The first kappa shape index (κ1) is 26.4. The van der Waals surface area contributed by atoms with Gasteiger partial charge in [0.15, 0.2) is 0 Å². The van der Waals surface area contributed by atoms with Crippen LogP contribution in [0.4, 0.5) is 15.9 Å². The number of nitrogens with one attached hydrogen (secondary N) is 2. The van der Waals surface area contributed by atoms with E-state index in [-0.39, 0.29) is 13.2 Å². The SMILES string of the molecule is NC(=O)CN1C=C(Nc2ncnc3cc(OCCCN4CCC(CO)CC4)ccc23)NN1c1cccc(F)c1. The van der Waals surface area contributed by atoms with Gasteiger partial charge in [-0.05, 0) is 62.5 Å². The van der Waals surface area contributed by atoms with E-state index in [1.165, 1.54) is 23.6 Å². The highest BCUT2D eigenvalue weighted by molar-refractivity contribution is 5.90. The van der Waals surface area contributed by atoms with Gasteiger partial charge in [-0.15, -0.1) is 0 Å². The lowest BCUT2D eigenvalue weighted by molar-refractivity contribution is -0.118. The molecule has 12 heteroatoms. The van der Waals surface area contributed by atoms with Crippen LogP contribution < -0.4 is 26.3 Å². The normalized spacial score (nSPS) is 16.3. The van der Waals surface area contributed by atoms with Gasteiger partial charge in [0, 0.05) is 30.7 Å². The monoisotopic (exact) mass is 536 g/mol. The third-order valence-corrected chi connectivity index (χ3v) is 6.85. The van der Waals surface area contributed by atoms with E-state index in [1.54, 1.807) is 23.3 Å². The summed E-state index contributed by atoms with van der Waals surface area (Å²) in [5.74, 6) is 1.30. The van der Waals surface area contributed by atoms with Crippen molar-refractivity contribution in [2.75, 3.05) is 49.8 Å². The number of aromatic nitrogens is 2. The number of hydrazine groups is 2. The summed E-state index contributed by atoms with van der Waals surface area (Å²) in [4.78, 5) is 22.8. The molecule has 2 aliphatic heterocycles. The first-order valence-corrected chi connectivity index (χ1v) is 13.1. The zero-order valence-electron chi connectivity index (χ0n) is 21.6. The molecule has 11 nitrogen and oxygen atoms in total. The standard InChI is InChI=1S/C27H33FN8O3/c28-20-3-1-4-21(13-20)36-33-26(16-35(36)15-25(29)38)32-27-23-6-5-22(14-24(23)30-18-31-27)39-12-2-9-34-10-7-19(17-37)8-11-34/h1,3-6,13-14,16,18-19,33,37H,2,7-12,15,17H2,(H2,29,38)(H,30,31,32). The Bertz CT molecular complexity index is 1330. The summed E-state index contributed by atoms with van der Waals surface area (Å²) in [6, 6.07) is 11.6. The Hall–Kier alpha value is -4.16. The van der Waals surface area contributed by atoms with Crippen molar-refractivity contribution in [2.45, 2.75) is 19.3 Å². The number of piperidine rings is 1. The summed E-state index contributed by atoms with van der Waals surface area (Å²) < 4.78 is 19.8. The highest BCUT2D eigenvalue weighted by atomic mass is 19.1. The molecule has 3 heterocycles. The molecular formula is C27H33FN8O3. The largest absolute Gasteiger partial charge is 0.493 e. The van der Waals surface area contributed by atoms with Crippen LogP contribution in [0.25, 0.3) is 10.9 Å². The van der Waals surface area contributed by atoms with Crippen molar-refractivity contribution in [1.29, 1.82) is 0 Å². The van der Waals surface area contributed by atoms with Gasteiger partial charge in [-0.25, -0.2) is 14.4 Å². The maximum absolute atomic E-state index is 13.8. The fourth-order valence-electron chi connectivity index (χ4n) is 4.80. The number of likely N-dealkylation sites (tertiary alicyclic amines) is 1. The third kappa shape index (κ3) is 6.65. The lowest BCUT2D eigenvalue weighted by Gasteiger charge is -2.30.